The first kappa shape index (κ1) is 18.6. The molecule has 0 bridgehead atoms. The molecule has 0 aliphatic carbocycles. The van der Waals surface area contributed by atoms with Gasteiger partial charge in [0.15, 0.2) is 0 Å². The van der Waals surface area contributed by atoms with Gasteiger partial charge in [0.05, 0.1) is 17.7 Å². The van der Waals surface area contributed by atoms with Gasteiger partial charge in [-0.1, -0.05) is 6.07 Å². The minimum atomic E-state index is -0.134. The molecule has 1 N–H and O–H groups in total. The van der Waals surface area contributed by atoms with Gasteiger partial charge in [0, 0.05) is 37.6 Å². The zero-order valence-corrected chi connectivity index (χ0v) is 15.7. The van der Waals surface area contributed by atoms with Crippen molar-refractivity contribution in [3.05, 3.63) is 54.1 Å². The van der Waals surface area contributed by atoms with Crippen LogP contribution in [0.25, 0.3) is 0 Å². The molecule has 27 heavy (non-hydrogen) atoms. The van der Waals surface area contributed by atoms with Gasteiger partial charge in [0.25, 0.3) is 0 Å². The Morgan fingerprint density at radius 3 is 2.44 bits per heavy atom. The molecule has 6 heteroatoms. The Morgan fingerprint density at radius 2 is 1.81 bits per heavy atom. The van der Waals surface area contributed by atoms with E-state index < -0.39 is 0 Å². The number of carbonyl (C=O) groups is 1. The molecule has 2 amide bonds. The maximum absolute atomic E-state index is 12.5. The molecule has 0 atom stereocenters. The minimum absolute atomic E-state index is 0.134. The van der Waals surface area contributed by atoms with Crippen LogP contribution in [0.1, 0.15) is 19.4 Å². The van der Waals surface area contributed by atoms with Gasteiger partial charge in [-0.05, 0) is 56.3 Å². The predicted octanol–water partition coefficient (Wildman–Crippen LogP) is 3.70. The SMILES string of the molecule is CC(C)Oc1ccc(N2CCN(C(=O)Nc3cccc(C#N)c3)CC2)cc1. The topological polar surface area (TPSA) is 68.6 Å². The number of nitrogens with zero attached hydrogens (tertiary/aromatic N) is 3. The lowest BCUT2D eigenvalue weighted by Crippen LogP contribution is -2.50. The standard InChI is InChI=1S/C21H24N4O2/c1-16(2)27-20-8-6-19(7-9-20)24-10-12-25(13-11-24)21(26)23-18-5-3-4-17(14-18)15-22/h3-9,14,16H,10-13H2,1-2H3,(H,23,26). The Bertz CT molecular complexity index is 819. The summed E-state index contributed by atoms with van der Waals surface area (Å²) in [6.45, 7) is 6.86. The highest BCUT2D eigenvalue weighted by molar-refractivity contribution is 5.89. The molecule has 0 radical (unpaired) electrons. The number of anilines is 2. The third-order valence-corrected chi connectivity index (χ3v) is 4.38. The Kier molecular flexibility index (Phi) is 5.82. The van der Waals surface area contributed by atoms with Gasteiger partial charge >= 0.3 is 6.03 Å². The molecule has 1 aliphatic rings. The molecule has 1 saturated heterocycles. The monoisotopic (exact) mass is 364 g/mol. The van der Waals surface area contributed by atoms with E-state index in [1.54, 1.807) is 29.2 Å². The van der Waals surface area contributed by atoms with Gasteiger partial charge in [-0.2, -0.15) is 5.26 Å². The minimum Gasteiger partial charge on any atom is -0.491 e. The van der Waals surface area contributed by atoms with Crippen LogP contribution < -0.4 is 15.0 Å². The number of carbonyl (C=O) groups excluding carboxylic acids is 1. The highest BCUT2D eigenvalue weighted by Gasteiger charge is 2.21. The van der Waals surface area contributed by atoms with Crippen molar-refractivity contribution < 1.29 is 9.53 Å². The van der Waals surface area contributed by atoms with Gasteiger partial charge in [-0.25, -0.2) is 4.79 Å². The average Bonchev–Trinajstić information content (AvgIpc) is 2.68. The lowest BCUT2D eigenvalue weighted by molar-refractivity contribution is 0.208. The van der Waals surface area contributed by atoms with Crippen LogP contribution in [0, 0.1) is 11.3 Å². The summed E-state index contributed by atoms with van der Waals surface area (Å²) < 4.78 is 5.68. The van der Waals surface area contributed by atoms with E-state index in [1.807, 2.05) is 26.0 Å². The van der Waals surface area contributed by atoms with E-state index in [4.69, 9.17) is 10.00 Å². The van der Waals surface area contributed by atoms with Gasteiger partial charge in [-0.15, -0.1) is 0 Å². The van der Waals surface area contributed by atoms with Crippen molar-refractivity contribution in [2.45, 2.75) is 20.0 Å². The van der Waals surface area contributed by atoms with Gasteiger partial charge < -0.3 is 19.9 Å². The highest BCUT2D eigenvalue weighted by Crippen LogP contribution is 2.22. The van der Waals surface area contributed by atoms with Crippen LogP contribution in [0.4, 0.5) is 16.2 Å². The number of hydrogen-bond acceptors (Lipinski definition) is 4. The van der Waals surface area contributed by atoms with Crippen LogP contribution >= 0.6 is 0 Å². The summed E-state index contributed by atoms with van der Waals surface area (Å²) in [6.07, 6.45) is 0.159. The van der Waals surface area contributed by atoms with Crippen molar-refractivity contribution in [3.63, 3.8) is 0 Å². The van der Waals surface area contributed by atoms with Crippen molar-refractivity contribution >= 4 is 17.4 Å². The second kappa shape index (κ2) is 8.45. The fraction of sp³-hybridized carbons (Fsp3) is 0.333. The third kappa shape index (κ3) is 4.91. The lowest BCUT2D eigenvalue weighted by atomic mass is 10.2. The van der Waals surface area contributed by atoms with Gasteiger partial charge in [-0.3, -0.25) is 0 Å². The average molecular weight is 364 g/mol. The first-order chi connectivity index (χ1) is 13.0. The molecular weight excluding hydrogens is 340 g/mol. The van der Waals surface area contributed by atoms with Crippen molar-refractivity contribution in [3.8, 4) is 11.8 Å². The van der Waals surface area contributed by atoms with Crippen molar-refractivity contribution in [2.75, 3.05) is 36.4 Å². The molecule has 0 spiro atoms. The van der Waals surface area contributed by atoms with Crippen LogP contribution in [0.2, 0.25) is 0 Å². The molecule has 3 rings (SSSR count). The molecule has 1 fully saturated rings. The first-order valence-electron chi connectivity index (χ1n) is 9.13. The summed E-state index contributed by atoms with van der Waals surface area (Å²) >= 11 is 0. The summed E-state index contributed by atoms with van der Waals surface area (Å²) in [5.74, 6) is 0.867. The molecule has 1 heterocycles. The quantitative estimate of drug-likeness (QED) is 0.898. The van der Waals surface area contributed by atoms with E-state index in [0.29, 0.717) is 24.3 Å². The predicted molar refractivity (Wildman–Crippen MR) is 106 cm³/mol. The number of ether oxygens (including phenoxy) is 1. The lowest BCUT2D eigenvalue weighted by Gasteiger charge is -2.36. The Labute approximate surface area is 160 Å². The van der Waals surface area contributed by atoms with Crippen molar-refractivity contribution in [1.82, 2.24) is 4.90 Å². The molecule has 2 aromatic rings. The van der Waals surface area contributed by atoms with E-state index in [-0.39, 0.29) is 12.1 Å². The van der Waals surface area contributed by atoms with E-state index in [1.165, 1.54) is 0 Å². The van der Waals surface area contributed by atoms with Crippen molar-refractivity contribution in [1.29, 1.82) is 5.26 Å². The molecule has 0 saturated carbocycles. The van der Waals surface area contributed by atoms with Crippen LogP contribution in [0.15, 0.2) is 48.5 Å². The zero-order chi connectivity index (χ0) is 19.2. The number of piperazine rings is 1. The van der Waals surface area contributed by atoms with E-state index in [9.17, 15) is 4.79 Å². The fourth-order valence-corrected chi connectivity index (χ4v) is 3.04. The highest BCUT2D eigenvalue weighted by atomic mass is 16.5. The van der Waals surface area contributed by atoms with Crippen LogP contribution in [-0.4, -0.2) is 43.2 Å². The number of benzene rings is 2. The number of urea groups is 1. The second-order valence-electron chi connectivity index (χ2n) is 6.76. The number of rotatable bonds is 4. The van der Waals surface area contributed by atoms with E-state index in [2.05, 4.69) is 28.4 Å². The third-order valence-electron chi connectivity index (χ3n) is 4.38. The van der Waals surface area contributed by atoms with Gasteiger partial charge in [0.2, 0.25) is 0 Å². The zero-order valence-electron chi connectivity index (χ0n) is 15.7. The Hall–Kier alpha value is -3.20. The normalized spacial score (nSPS) is 14.0. The summed E-state index contributed by atoms with van der Waals surface area (Å²) in [5.41, 5.74) is 2.30. The van der Waals surface area contributed by atoms with Gasteiger partial charge in [0.1, 0.15) is 5.75 Å². The maximum Gasteiger partial charge on any atom is 0.321 e. The number of nitriles is 1. The van der Waals surface area contributed by atoms with E-state index >= 15 is 0 Å². The first-order valence-corrected chi connectivity index (χ1v) is 9.13. The Morgan fingerprint density at radius 1 is 1.11 bits per heavy atom. The van der Waals surface area contributed by atoms with E-state index in [0.717, 1.165) is 24.5 Å². The molecule has 0 aromatic heterocycles. The summed E-state index contributed by atoms with van der Waals surface area (Å²) in [7, 11) is 0. The molecule has 6 nitrogen and oxygen atoms in total. The maximum atomic E-state index is 12.5. The largest absolute Gasteiger partial charge is 0.491 e. The summed E-state index contributed by atoms with van der Waals surface area (Å²) in [5, 5.41) is 11.8. The molecule has 1 aliphatic heterocycles. The fourth-order valence-electron chi connectivity index (χ4n) is 3.04. The second-order valence-corrected chi connectivity index (χ2v) is 6.76. The molecule has 140 valence electrons. The number of amides is 2. The number of nitrogens with one attached hydrogen (secondary N) is 1. The summed E-state index contributed by atoms with van der Waals surface area (Å²) in [4.78, 5) is 16.5. The van der Waals surface area contributed by atoms with Crippen molar-refractivity contribution in [2.24, 2.45) is 0 Å². The smallest absolute Gasteiger partial charge is 0.321 e. The van der Waals surface area contributed by atoms with Crippen LogP contribution in [0.3, 0.4) is 0 Å². The Balaban J connectivity index is 1.53. The van der Waals surface area contributed by atoms with Crippen LogP contribution in [0.5, 0.6) is 5.75 Å². The molecule has 0 unspecified atom stereocenters. The number of hydrogen-bond donors (Lipinski definition) is 1. The van der Waals surface area contributed by atoms with Crippen LogP contribution in [-0.2, 0) is 0 Å². The molecule has 2 aromatic carbocycles. The summed E-state index contributed by atoms with van der Waals surface area (Å²) in [6, 6.07) is 17.0. The molecular formula is C21H24N4O2.